The zero-order valence-electron chi connectivity index (χ0n) is 17.6. The first-order valence-corrected chi connectivity index (χ1v) is 18.8. The fourth-order valence-electron chi connectivity index (χ4n) is 2.24. The zero-order chi connectivity index (χ0) is 19.6. The molecule has 0 radical (unpaired) electrons. The predicted molar refractivity (Wildman–Crippen MR) is 121 cm³/mol. The second kappa shape index (κ2) is 11.6. The quantitative estimate of drug-likeness (QED) is 0.279. The van der Waals surface area contributed by atoms with Gasteiger partial charge >= 0.3 is 8.80 Å². The predicted octanol–water partition coefficient (Wildman–Crippen LogP) is 5.42. The molecule has 0 saturated heterocycles. The van der Waals surface area contributed by atoms with Gasteiger partial charge in [0.25, 0.3) is 0 Å². The van der Waals surface area contributed by atoms with Gasteiger partial charge in [0.15, 0.2) is 9.76 Å². The van der Waals surface area contributed by atoms with E-state index >= 15 is 0 Å². The van der Waals surface area contributed by atoms with Crippen molar-refractivity contribution in [3.63, 3.8) is 0 Å². The van der Waals surface area contributed by atoms with E-state index in [0.29, 0.717) is 0 Å². The Morgan fingerprint density at radius 1 is 0.920 bits per heavy atom. The highest BCUT2D eigenvalue weighted by atomic mass is 28.5. The summed E-state index contributed by atoms with van der Waals surface area (Å²) >= 11 is 0. The number of rotatable bonds is 14. The number of unbranched alkanes of at least 4 members (excludes halogenated alkanes) is 3. The third-order valence-corrected chi connectivity index (χ3v) is 17.0. The van der Waals surface area contributed by atoms with Crippen LogP contribution in [0.1, 0.15) is 46.5 Å². The molecule has 0 fully saturated rings. The molecule has 0 spiro atoms. The van der Waals surface area contributed by atoms with Crippen LogP contribution in [0.25, 0.3) is 0 Å². The minimum atomic E-state index is -2.73. The Labute approximate surface area is 162 Å². The SMILES string of the molecule is C=C[Si](C)(C)O[Si](CCCCCC)(O[SiH2]C=C(C)C)O[Si](C)(C)C=C. The first kappa shape index (κ1) is 25.0. The van der Waals surface area contributed by atoms with E-state index in [2.05, 4.69) is 65.8 Å². The van der Waals surface area contributed by atoms with Crippen LogP contribution < -0.4 is 0 Å². The lowest BCUT2D eigenvalue weighted by Crippen LogP contribution is -2.58. The molecule has 0 aromatic rings. The normalized spacial score (nSPS) is 13.2. The molecule has 0 aliphatic rings. The van der Waals surface area contributed by atoms with Crippen LogP contribution in [0.3, 0.4) is 0 Å². The number of allylic oxidation sites excluding steroid dienone is 1. The van der Waals surface area contributed by atoms with E-state index in [4.69, 9.17) is 12.3 Å². The molecule has 0 aliphatic heterocycles. The standard InChI is InChI=1S/C18H40O3Si4/c1-10-13-14-15-16-25(19-22-17-18(4)5,20-23(6,7)11-2)21-24(8,9)12-3/h11-12,17H,2-3,10,13-16,22H2,1,4-9H3. The van der Waals surface area contributed by atoms with Crippen molar-refractivity contribution in [1.82, 2.24) is 0 Å². The molecule has 0 saturated carbocycles. The molecule has 3 nitrogen and oxygen atoms in total. The van der Waals surface area contributed by atoms with Crippen molar-refractivity contribution in [1.29, 1.82) is 0 Å². The molecular formula is C18H40O3Si4. The molecule has 7 heteroatoms. The van der Waals surface area contributed by atoms with Crippen molar-refractivity contribution in [2.45, 2.75) is 78.7 Å². The smallest absolute Gasteiger partial charge is 0.418 e. The Hall–Kier alpha value is -0.0325. The second-order valence-electron chi connectivity index (χ2n) is 7.91. The fraction of sp³-hybridized carbons (Fsp3) is 0.667. The molecule has 0 aromatic carbocycles. The molecular weight excluding hydrogens is 377 g/mol. The van der Waals surface area contributed by atoms with Crippen LogP contribution in [-0.2, 0) is 12.3 Å². The molecule has 0 aromatic heterocycles. The van der Waals surface area contributed by atoms with Gasteiger partial charge in [-0.25, -0.2) is 0 Å². The van der Waals surface area contributed by atoms with E-state index < -0.39 is 35.2 Å². The van der Waals surface area contributed by atoms with Crippen molar-refractivity contribution in [2.75, 3.05) is 0 Å². The monoisotopic (exact) mass is 416 g/mol. The minimum absolute atomic E-state index is 0.807. The van der Waals surface area contributed by atoms with Crippen molar-refractivity contribution < 1.29 is 12.3 Å². The second-order valence-corrected chi connectivity index (χ2v) is 20.5. The van der Waals surface area contributed by atoms with E-state index in [1.54, 1.807) is 0 Å². The molecule has 0 amide bonds. The maximum atomic E-state index is 6.68. The van der Waals surface area contributed by atoms with Gasteiger partial charge in [0, 0.05) is 6.04 Å². The molecule has 0 aliphatic carbocycles. The average molecular weight is 417 g/mol. The summed E-state index contributed by atoms with van der Waals surface area (Å²) in [5.74, 6) is 0. The van der Waals surface area contributed by atoms with Gasteiger partial charge < -0.3 is 12.3 Å². The van der Waals surface area contributed by atoms with E-state index in [-0.39, 0.29) is 0 Å². The molecule has 0 rings (SSSR count). The summed E-state index contributed by atoms with van der Waals surface area (Å²) in [7, 11) is -7.55. The van der Waals surface area contributed by atoms with Crippen LogP contribution >= 0.6 is 0 Å². The van der Waals surface area contributed by atoms with Crippen LogP contribution in [0, 0.1) is 0 Å². The van der Waals surface area contributed by atoms with Crippen LogP contribution in [0.2, 0.25) is 32.2 Å². The van der Waals surface area contributed by atoms with Crippen LogP contribution in [0.5, 0.6) is 0 Å². The molecule has 0 unspecified atom stereocenters. The summed E-state index contributed by atoms with van der Waals surface area (Å²) in [6, 6.07) is 0.908. The largest absolute Gasteiger partial charge is 0.469 e. The third kappa shape index (κ3) is 11.3. The Balaban J connectivity index is 5.52. The Bertz CT molecular complexity index is 422. The Morgan fingerprint density at radius 3 is 1.84 bits per heavy atom. The van der Waals surface area contributed by atoms with E-state index in [1.807, 2.05) is 11.4 Å². The molecule has 146 valence electrons. The van der Waals surface area contributed by atoms with E-state index in [9.17, 15) is 0 Å². The maximum absolute atomic E-state index is 6.68. The topological polar surface area (TPSA) is 27.7 Å². The van der Waals surface area contributed by atoms with Gasteiger partial charge in [-0.2, -0.15) is 0 Å². The number of hydrogen-bond acceptors (Lipinski definition) is 3. The summed E-state index contributed by atoms with van der Waals surface area (Å²) in [4.78, 5) is 0. The van der Waals surface area contributed by atoms with Gasteiger partial charge in [-0.05, 0) is 46.5 Å². The maximum Gasteiger partial charge on any atom is 0.469 e. The summed E-state index contributed by atoms with van der Waals surface area (Å²) in [5.41, 5.74) is 7.52. The zero-order valence-corrected chi connectivity index (χ0v) is 22.0. The Morgan fingerprint density at radius 2 is 1.44 bits per heavy atom. The lowest BCUT2D eigenvalue weighted by molar-refractivity contribution is 0.262. The van der Waals surface area contributed by atoms with Crippen LogP contribution in [0.15, 0.2) is 35.8 Å². The van der Waals surface area contributed by atoms with Crippen LogP contribution in [-0.4, -0.2) is 35.2 Å². The van der Waals surface area contributed by atoms with Gasteiger partial charge in [0.05, 0.1) is 0 Å². The van der Waals surface area contributed by atoms with Gasteiger partial charge in [-0.3, -0.25) is 0 Å². The average Bonchev–Trinajstić information content (AvgIpc) is 2.50. The van der Waals surface area contributed by atoms with Crippen molar-refractivity contribution in [2.24, 2.45) is 0 Å². The van der Waals surface area contributed by atoms with Crippen molar-refractivity contribution in [3.8, 4) is 0 Å². The Kier molecular flexibility index (Phi) is 11.6. The summed E-state index contributed by atoms with van der Waals surface area (Å²) in [6.45, 7) is 23.1. The fourth-order valence-corrected chi connectivity index (χ4v) is 15.2. The summed E-state index contributed by atoms with van der Waals surface area (Å²) < 4.78 is 19.9. The lowest BCUT2D eigenvalue weighted by Gasteiger charge is -2.40. The highest BCUT2D eigenvalue weighted by Gasteiger charge is 2.47. The molecule has 0 heterocycles. The minimum Gasteiger partial charge on any atom is -0.418 e. The van der Waals surface area contributed by atoms with Crippen LogP contribution in [0.4, 0.5) is 0 Å². The molecule has 0 N–H and O–H groups in total. The van der Waals surface area contributed by atoms with Gasteiger partial charge in [-0.15, -0.1) is 13.2 Å². The van der Waals surface area contributed by atoms with Gasteiger partial charge in [0.1, 0.15) is 0 Å². The van der Waals surface area contributed by atoms with Gasteiger partial charge in [0.2, 0.25) is 16.6 Å². The first-order chi connectivity index (χ1) is 11.5. The van der Waals surface area contributed by atoms with E-state index in [0.717, 1.165) is 12.5 Å². The molecule has 25 heavy (non-hydrogen) atoms. The van der Waals surface area contributed by atoms with E-state index in [1.165, 1.54) is 24.8 Å². The number of hydrogen-bond donors (Lipinski definition) is 0. The highest BCUT2D eigenvalue weighted by Crippen LogP contribution is 2.28. The molecule has 0 bridgehead atoms. The molecule has 0 atom stereocenters. The van der Waals surface area contributed by atoms with Crippen molar-refractivity contribution in [3.05, 3.63) is 35.8 Å². The van der Waals surface area contributed by atoms with Gasteiger partial charge in [-0.1, -0.05) is 48.9 Å². The summed E-state index contributed by atoms with van der Waals surface area (Å²) in [6.07, 6.45) is 4.79. The summed E-state index contributed by atoms with van der Waals surface area (Å²) in [5, 5.41) is 0. The highest BCUT2D eigenvalue weighted by molar-refractivity contribution is 6.90. The van der Waals surface area contributed by atoms with Crippen molar-refractivity contribution >= 4 is 35.2 Å². The lowest BCUT2D eigenvalue weighted by atomic mass is 10.2. The first-order valence-electron chi connectivity index (χ1n) is 9.46. The third-order valence-electron chi connectivity index (χ3n) is 3.95.